The van der Waals surface area contributed by atoms with E-state index in [0.717, 1.165) is 0 Å². The maximum atomic E-state index is 12.4. The first-order valence-corrected chi connectivity index (χ1v) is 7.95. The fraction of sp³-hybridized carbons (Fsp3) is 0.133. The molecule has 0 unspecified atom stereocenters. The van der Waals surface area contributed by atoms with E-state index < -0.39 is 16.6 Å². The van der Waals surface area contributed by atoms with Crippen molar-refractivity contribution in [1.29, 1.82) is 0 Å². The standard InChI is InChI=1S/C15H13F2NO4S/c1-10(19)11-5-4-6-12(9-11)23(20,21)18-13-7-2-3-8-14(13)22-15(16)17/h2-9,15,18H,1H3. The average molecular weight is 341 g/mol. The van der Waals surface area contributed by atoms with Crippen LogP contribution in [0.25, 0.3) is 0 Å². The molecule has 0 spiro atoms. The van der Waals surface area contributed by atoms with Crippen molar-refractivity contribution >= 4 is 21.5 Å². The molecule has 5 nitrogen and oxygen atoms in total. The van der Waals surface area contributed by atoms with Gasteiger partial charge < -0.3 is 4.74 Å². The Morgan fingerprint density at radius 2 is 1.83 bits per heavy atom. The fourth-order valence-corrected chi connectivity index (χ4v) is 2.95. The summed E-state index contributed by atoms with van der Waals surface area (Å²) in [5.74, 6) is -0.586. The first-order valence-electron chi connectivity index (χ1n) is 6.47. The number of para-hydroxylation sites is 2. The maximum Gasteiger partial charge on any atom is 0.387 e. The van der Waals surface area contributed by atoms with Gasteiger partial charge in [-0.05, 0) is 31.2 Å². The highest BCUT2D eigenvalue weighted by atomic mass is 32.2. The fourth-order valence-electron chi connectivity index (χ4n) is 1.84. The molecule has 122 valence electrons. The third-order valence-electron chi connectivity index (χ3n) is 2.90. The number of halogens is 2. The Hall–Kier alpha value is -2.48. The first kappa shape index (κ1) is 16.9. The summed E-state index contributed by atoms with van der Waals surface area (Å²) < 4.78 is 55.9. The van der Waals surface area contributed by atoms with Gasteiger partial charge in [-0.25, -0.2) is 8.42 Å². The van der Waals surface area contributed by atoms with Gasteiger partial charge in [0.05, 0.1) is 10.6 Å². The third-order valence-corrected chi connectivity index (χ3v) is 4.26. The van der Waals surface area contributed by atoms with Gasteiger partial charge in [0, 0.05) is 5.56 Å². The minimum absolute atomic E-state index is 0.124. The predicted octanol–water partition coefficient (Wildman–Crippen LogP) is 3.29. The molecule has 0 aromatic heterocycles. The van der Waals surface area contributed by atoms with Crippen LogP contribution in [0.3, 0.4) is 0 Å². The van der Waals surface area contributed by atoms with Gasteiger partial charge in [0.15, 0.2) is 5.78 Å². The second kappa shape index (κ2) is 6.74. The smallest absolute Gasteiger partial charge is 0.387 e. The molecular formula is C15H13F2NO4S. The van der Waals surface area contributed by atoms with Crippen LogP contribution in [0.4, 0.5) is 14.5 Å². The third kappa shape index (κ3) is 4.26. The Morgan fingerprint density at radius 1 is 1.13 bits per heavy atom. The summed E-state index contributed by atoms with van der Waals surface area (Å²) in [5.41, 5.74) is 0.103. The molecule has 0 fully saturated rings. The highest BCUT2D eigenvalue weighted by Crippen LogP contribution is 2.28. The van der Waals surface area contributed by atoms with Crippen molar-refractivity contribution in [1.82, 2.24) is 0 Å². The van der Waals surface area contributed by atoms with Crippen LogP contribution in [0.1, 0.15) is 17.3 Å². The van der Waals surface area contributed by atoms with Crippen LogP contribution in [0.5, 0.6) is 5.75 Å². The summed E-state index contributed by atoms with van der Waals surface area (Å²) >= 11 is 0. The zero-order valence-electron chi connectivity index (χ0n) is 12.0. The molecule has 0 aliphatic carbocycles. The van der Waals surface area contributed by atoms with Crippen molar-refractivity contribution in [3.05, 3.63) is 54.1 Å². The molecule has 0 atom stereocenters. The van der Waals surface area contributed by atoms with Gasteiger partial charge >= 0.3 is 6.61 Å². The first-order chi connectivity index (χ1) is 10.8. The summed E-state index contributed by atoms with van der Waals surface area (Å²) in [5, 5.41) is 0. The van der Waals surface area contributed by atoms with Gasteiger partial charge in [0.25, 0.3) is 10.0 Å². The number of anilines is 1. The molecule has 2 rings (SSSR count). The lowest BCUT2D eigenvalue weighted by Crippen LogP contribution is -2.15. The van der Waals surface area contributed by atoms with E-state index in [1.54, 1.807) is 0 Å². The number of benzene rings is 2. The van der Waals surface area contributed by atoms with Gasteiger partial charge in [-0.15, -0.1) is 0 Å². The lowest BCUT2D eigenvalue weighted by atomic mass is 10.2. The van der Waals surface area contributed by atoms with Crippen LogP contribution in [0, 0.1) is 0 Å². The van der Waals surface area contributed by atoms with E-state index in [9.17, 15) is 22.0 Å². The van der Waals surface area contributed by atoms with Gasteiger partial charge in [0.2, 0.25) is 0 Å². The lowest BCUT2D eigenvalue weighted by Gasteiger charge is -2.13. The number of sulfonamides is 1. The lowest BCUT2D eigenvalue weighted by molar-refractivity contribution is -0.0493. The molecule has 2 aromatic carbocycles. The quantitative estimate of drug-likeness (QED) is 0.819. The Kier molecular flexibility index (Phi) is 4.95. The largest absolute Gasteiger partial charge is 0.433 e. The Balaban J connectivity index is 2.36. The van der Waals surface area contributed by atoms with Crippen LogP contribution >= 0.6 is 0 Å². The molecule has 0 saturated carbocycles. The van der Waals surface area contributed by atoms with Crippen molar-refractivity contribution in [3.8, 4) is 5.75 Å². The van der Waals surface area contributed by atoms with E-state index in [1.807, 2.05) is 0 Å². The molecule has 1 N–H and O–H groups in total. The van der Waals surface area contributed by atoms with Crippen LogP contribution in [0.15, 0.2) is 53.4 Å². The maximum absolute atomic E-state index is 12.4. The molecule has 0 amide bonds. The van der Waals surface area contributed by atoms with E-state index in [4.69, 9.17) is 0 Å². The number of nitrogens with one attached hydrogen (secondary N) is 1. The van der Waals surface area contributed by atoms with Crippen LogP contribution in [-0.2, 0) is 10.0 Å². The summed E-state index contributed by atoms with van der Waals surface area (Å²) in [4.78, 5) is 11.2. The molecule has 0 aliphatic heterocycles. The van der Waals surface area contributed by atoms with E-state index in [0.29, 0.717) is 0 Å². The van der Waals surface area contributed by atoms with Gasteiger partial charge in [-0.3, -0.25) is 9.52 Å². The molecule has 0 aliphatic rings. The number of carbonyl (C=O) groups excluding carboxylic acids is 1. The number of hydrogen-bond donors (Lipinski definition) is 1. The number of ketones is 1. The highest BCUT2D eigenvalue weighted by Gasteiger charge is 2.18. The summed E-state index contributed by atoms with van der Waals surface area (Å²) in [7, 11) is -4.05. The minimum Gasteiger partial charge on any atom is -0.433 e. The SMILES string of the molecule is CC(=O)c1cccc(S(=O)(=O)Nc2ccccc2OC(F)F)c1. The normalized spacial score (nSPS) is 11.3. The topological polar surface area (TPSA) is 72.5 Å². The van der Waals surface area contributed by atoms with E-state index in [1.165, 1.54) is 55.5 Å². The van der Waals surface area contributed by atoms with Crippen LogP contribution in [0.2, 0.25) is 0 Å². The van der Waals surface area contributed by atoms with Crippen molar-refractivity contribution in [2.24, 2.45) is 0 Å². The van der Waals surface area contributed by atoms with Gasteiger partial charge in [0.1, 0.15) is 5.75 Å². The zero-order chi connectivity index (χ0) is 17.0. The Labute approximate surface area is 132 Å². The average Bonchev–Trinajstić information content (AvgIpc) is 2.48. The summed E-state index contributed by atoms with van der Waals surface area (Å²) in [6.45, 7) is -1.77. The van der Waals surface area contributed by atoms with Crippen molar-refractivity contribution in [2.75, 3.05) is 4.72 Å². The number of rotatable bonds is 6. The molecule has 8 heteroatoms. The molecule has 23 heavy (non-hydrogen) atoms. The number of Topliss-reactive ketones (excluding diaryl/α,β-unsaturated/α-hetero) is 1. The second-order valence-electron chi connectivity index (χ2n) is 4.56. The number of ether oxygens (including phenoxy) is 1. The minimum atomic E-state index is -4.05. The Bertz CT molecular complexity index is 822. The van der Waals surface area contributed by atoms with Crippen LogP contribution < -0.4 is 9.46 Å². The molecule has 0 heterocycles. The number of carbonyl (C=O) groups is 1. The molecule has 0 bridgehead atoms. The van der Waals surface area contributed by atoms with Crippen molar-refractivity contribution < 1.29 is 26.7 Å². The van der Waals surface area contributed by atoms with E-state index >= 15 is 0 Å². The summed E-state index contributed by atoms with van der Waals surface area (Å²) in [6.07, 6.45) is 0. The molecule has 2 aromatic rings. The molecule has 0 radical (unpaired) electrons. The monoisotopic (exact) mass is 341 g/mol. The zero-order valence-corrected chi connectivity index (χ0v) is 12.8. The number of alkyl halides is 2. The van der Waals surface area contributed by atoms with Crippen molar-refractivity contribution in [2.45, 2.75) is 18.4 Å². The van der Waals surface area contributed by atoms with Gasteiger partial charge in [-0.1, -0.05) is 24.3 Å². The summed E-state index contributed by atoms with van der Waals surface area (Å²) in [6, 6.07) is 10.8. The Morgan fingerprint density at radius 3 is 2.48 bits per heavy atom. The van der Waals surface area contributed by atoms with E-state index in [-0.39, 0.29) is 27.7 Å². The highest BCUT2D eigenvalue weighted by molar-refractivity contribution is 7.92. The van der Waals surface area contributed by atoms with Crippen molar-refractivity contribution in [3.63, 3.8) is 0 Å². The number of hydrogen-bond acceptors (Lipinski definition) is 4. The molecule has 0 saturated heterocycles. The van der Waals surface area contributed by atoms with Crippen LogP contribution in [-0.4, -0.2) is 20.8 Å². The molecular weight excluding hydrogens is 328 g/mol. The van der Waals surface area contributed by atoms with E-state index in [2.05, 4.69) is 9.46 Å². The van der Waals surface area contributed by atoms with Gasteiger partial charge in [-0.2, -0.15) is 8.78 Å². The predicted molar refractivity (Wildman–Crippen MR) is 80.3 cm³/mol. The second-order valence-corrected chi connectivity index (χ2v) is 6.25.